The third kappa shape index (κ3) is 2.06. The van der Waals surface area contributed by atoms with E-state index in [1.807, 2.05) is 13.0 Å². The summed E-state index contributed by atoms with van der Waals surface area (Å²) in [4.78, 5) is 11.8. The molecule has 82 valence electrons. The summed E-state index contributed by atoms with van der Waals surface area (Å²) in [5.41, 5.74) is 1.20. The highest BCUT2D eigenvalue weighted by Crippen LogP contribution is 2.32. The Bertz CT molecular complexity index is 307. The van der Waals surface area contributed by atoms with Gasteiger partial charge >= 0.3 is 5.97 Å². The number of fused-ring (bicyclic) bond motifs is 1. The molecule has 1 N–H and O–H groups in total. The molecule has 0 saturated carbocycles. The molecule has 1 aliphatic carbocycles. The van der Waals surface area contributed by atoms with Crippen LogP contribution in [0.1, 0.15) is 19.8 Å². The van der Waals surface area contributed by atoms with Gasteiger partial charge in [0.2, 0.25) is 0 Å². The van der Waals surface area contributed by atoms with Crippen molar-refractivity contribution in [2.75, 3.05) is 13.2 Å². The number of carbonyl (C=O) groups is 1. The smallest absolute Gasteiger partial charge is 0.309 e. The molecule has 3 nitrogen and oxygen atoms in total. The first kappa shape index (κ1) is 10.3. The van der Waals surface area contributed by atoms with Crippen LogP contribution in [0.25, 0.3) is 0 Å². The predicted octanol–water partition coefficient (Wildman–Crippen LogP) is 1.62. The Balaban J connectivity index is 2.09. The van der Waals surface area contributed by atoms with Gasteiger partial charge in [-0.05, 0) is 25.8 Å². The molecule has 2 unspecified atom stereocenters. The fraction of sp³-hybridized carbons (Fsp3) is 0.583. The fourth-order valence-electron chi connectivity index (χ4n) is 2.32. The van der Waals surface area contributed by atoms with Gasteiger partial charge in [-0.3, -0.25) is 4.79 Å². The topological polar surface area (TPSA) is 38.3 Å². The highest BCUT2D eigenvalue weighted by atomic mass is 16.5. The van der Waals surface area contributed by atoms with Gasteiger partial charge in [-0.2, -0.15) is 0 Å². The SMILES string of the molecule is CCOC(=O)C1CCNC2=CC=CCC21. The van der Waals surface area contributed by atoms with Crippen LogP contribution in [0.15, 0.2) is 23.9 Å². The highest BCUT2D eigenvalue weighted by molar-refractivity contribution is 5.73. The first-order valence-corrected chi connectivity index (χ1v) is 5.60. The maximum absolute atomic E-state index is 11.8. The average molecular weight is 207 g/mol. The van der Waals surface area contributed by atoms with Gasteiger partial charge in [0.05, 0.1) is 12.5 Å². The van der Waals surface area contributed by atoms with Gasteiger partial charge in [-0.15, -0.1) is 0 Å². The summed E-state index contributed by atoms with van der Waals surface area (Å²) in [6, 6.07) is 0. The molecule has 0 aromatic heterocycles. The van der Waals surface area contributed by atoms with E-state index in [-0.39, 0.29) is 11.9 Å². The molecule has 3 heteroatoms. The van der Waals surface area contributed by atoms with Crippen molar-refractivity contribution in [3.63, 3.8) is 0 Å². The zero-order valence-corrected chi connectivity index (χ0v) is 9.03. The van der Waals surface area contributed by atoms with E-state index in [1.165, 1.54) is 5.70 Å². The van der Waals surface area contributed by atoms with E-state index in [0.717, 1.165) is 19.4 Å². The van der Waals surface area contributed by atoms with E-state index in [4.69, 9.17) is 4.74 Å². The number of ether oxygens (including phenoxy) is 1. The third-order valence-electron chi connectivity index (χ3n) is 3.06. The van der Waals surface area contributed by atoms with Crippen molar-refractivity contribution >= 4 is 5.97 Å². The van der Waals surface area contributed by atoms with Gasteiger partial charge < -0.3 is 10.1 Å². The summed E-state index contributed by atoms with van der Waals surface area (Å²) in [7, 11) is 0. The van der Waals surface area contributed by atoms with Gasteiger partial charge in [0.25, 0.3) is 0 Å². The standard InChI is InChI=1S/C12H17NO2/c1-2-15-12(14)10-7-8-13-11-6-4-3-5-9(10)11/h3-4,6,9-10,13H,2,5,7-8H2,1H3. The number of allylic oxidation sites excluding steroid dienone is 4. The molecule has 15 heavy (non-hydrogen) atoms. The number of rotatable bonds is 2. The van der Waals surface area contributed by atoms with E-state index >= 15 is 0 Å². The first-order valence-electron chi connectivity index (χ1n) is 5.60. The van der Waals surface area contributed by atoms with Crippen LogP contribution < -0.4 is 5.32 Å². The van der Waals surface area contributed by atoms with Crippen molar-refractivity contribution in [2.45, 2.75) is 19.8 Å². The van der Waals surface area contributed by atoms with Crippen molar-refractivity contribution in [1.29, 1.82) is 0 Å². The Morgan fingerprint density at radius 2 is 2.53 bits per heavy atom. The second-order valence-corrected chi connectivity index (χ2v) is 3.97. The quantitative estimate of drug-likeness (QED) is 0.699. The van der Waals surface area contributed by atoms with E-state index < -0.39 is 0 Å². The zero-order valence-electron chi connectivity index (χ0n) is 9.03. The third-order valence-corrected chi connectivity index (χ3v) is 3.06. The maximum atomic E-state index is 11.8. The molecule has 0 bridgehead atoms. The molecule has 1 fully saturated rings. The van der Waals surface area contributed by atoms with Crippen molar-refractivity contribution in [2.24, 2.45) is 11.8 Å². The molecular formula is C12H17NO2. The van der Waals surface area contributed by atoms with Crippen LogP contribution in [0, 0.1) is 11.8 Å². The van der Waals surface area contributed by atoms with E-state index in [1.54, 1.807) is 0 Å². The lowest BCUT2D eigenvalue weighted by Gasteiger charge is -2.34. The number of esters is 1. The minimum Gasteiger partial charge on any atom is -0.466 e. The normalized spacial score (nSPS) is 28.7. The lowest BCUT2D eigenvalue weighted by Crippen LogP contribution is -2.39. The summed E-state index contributed by atoms with van der Waals surface area (Å²) in [5, 5.41) is 3.35. The molecule has 0 radical (unpaired) electrons. The number of nitrogens with one attached hydrogen (secondary N) is 1. The van der Waals surface area contributed by atoms with Gasteiger partial charge in [0.1, 0.15) is 0 Å². The second kappa shape index (κ2) is 4.51. The lowest BCUT2D eigenvalue weighted by molar-refractivity contribution is -0.150. The van der Waals surface area contributed by atoms with Crippen molar-refractivity contribution in [1.82, 2.24) is 5.32 Å². The van der Waals surface area contributed by atoms with Gasteiger partial charge in [0, 0.05) is 18.2 Å². The van der Waals surface area contributed by atoms with Crippen LogP contribution in [0.5, 0.6) is 0 Å². The first-order chi connectivity index (χ1) is 7.33. The Morgan fingerprint density at radius 1 is 1.67 bits per heavy atom. The number of carbonyl (C=O) groups excluding carboxylic acids is 1. The molecule has 0 amide bonds. The van der Waals surface area contributed by atoms with Gasteiger partial charge in [0.15, 0.2) is 0 Å². The predicted molar refractivity (Wildman–Crippen MR) is 58.1 cm³/mol. The summed E-state index contributed by atoms with van der Waals surface area (Å²) < 4.78 is 5.11. The Kier molecular flexibility index (Phi) is 3.09. The van der Waals surface area contributed by atoms with Crippen molar-refractivity contribution < 1.29 is 9.53 Å². The average Bonchev–Trinajstić information content (AvgIpc) is 2.28. The van der Waals surface area contributed by atoms with Crippen molar-refractivity contribution in [3.8, 4) is 0 Å². The van der Waals surface area contributed by atoms with Crippen LogP contribution in [0.4, 0.5) is 0 Å². The fourth-order valence-corrected chi connectivity index (χ4v) is 2.32. The van der Waals surface area contributed by atoms with E-state index in [0.29, 0.717) is 12.5 Å². The molecule has 1 saturated heterocycles. The molecule has 1 heterocycles. The second-order valence-electron chi connectivity index (χ2n) is 3.97. The zero-order chi connectivity index (χ0) is 10.7. The monoisotopic (exact) mass is 207 g/mol. The largest absolute Gasteiger partial charge is 0.466 e. The van der Waals surface area contributed by atoms with Crippen molar-refractivity contribution in [3.05, 3.63) is 23.9 Å². The summed E-state index contributed by atoms with van der Waals surface area (Å²) in [6.45, 7) is 3.21. The highest BCUT2D eigenvalue weighted by Gasteiger charge is 2.34. The van der Waals surface area contributed by atoms with Crippen LogP contribution in [0.3, 0.4) is 0 Å². The minimum atomic E-state index is -0.0369. The van der Waals surface area contributed by atoms with Crippen LogP contribution in [-0.4, -0.2) is 19.1 Å². The number of hydrogen-bond donors (Lipinski definition) is 1. The number of piperidine rings is 1. The van der Waals surface area contributed by atoms with Crippen LogP contribution >= 0.6 is 0 Å². The maximum Gasteiger partial charge on any atom is 0.309 e. The summed E-state index contributed by atoms with van der Waals surface area (Å²) in [5.74, 6) is 0.315. The molecule has 1 aliphatic heterocycles. The Morgan fingerprint density at radius 3 is 3.33 bits per heavy atom. The van der Waals surface area contributed by atoms with Gasteiger partial charge in [-0.1, -0.05) is 12.2 Å². The summed E-state index contributed by atoms with van der Waals surface area (Å²) >= 11 is 0. The van der Waals surface area contributed by atoms with Gasteiger partial charge in [-0.25, -0.2) is 0 Å². The van der Waals surface area contributed by atoms with E-state index in [2.05, 4.69) is 17.5 Å². The molecule has 0 spiro atoms. The lowest BCUT2D eigenvalue weighted by atomic mass is 9.80. The Hall–Kier alpha value is -1.25. The molecule has 2 aliphatic rings. The molecule has 0 aromatic carbocycles. The van der Waals surface area contributed by atoms with E-state index in [9.17, 15) is 4.79 Å². The Labute approximate surface area is 90.2 Å². The van der Waals surface area contributed by atoms with Crippen LogP contribution in [-0.2, 0) is 9.53 Å². The molecular weight excluding hydrogens is 190 g/mol. The summed E-state index contributed by atoms with van der Waals surface area (Å²) in [6.07, 6.45) is 8.07. The number of hydrogen-bond acceptors (Lipinski definition) is 3. The van der Waals surface area contributed by atoms with Crippen LogP contribution in [0.2, 0.25) is 0 Å². The molecule has 0 aromatic rings. The molecule has 2 rings (SSSR count). The minimum absolute atomic E-state index is 0.0369. The molecule has 2 atom stereocenters.